The van der Waals surface area contributed by atoms with Crippen molar-refractivity contribution in [3.8, 4) is 5.75 Å². The number of methoxy groups -OCH3 is 1. The minimum atomic E-state index is -4.31. The molecule has 0 fully saturated rings. The van der Waals surface area contributed by atoms with E-state index in [-0.39, 0.29) is 25.5 Å². The minimum Gasteiger partial charge on any atom is -0.489 e. The van der Waals surface area contributed by atoms with E-state index in [1.165, 1.54) is 7.11 Å². The summed E-state index contributed by atoms with van der Waals surface area (Å²) < 4.78 is 48.4. The molecule has 0 saturated heterocycles. The summed E-state index contributed by atoms with van der Waals surface area (Å²) in [5.74, 6) is 0.143. The molecule has 0 radical (unpaired) electrons. The van der Waals surface area contributed by atoms with Crippen molar-refractivity contribution in [3.05, 3.63) is 64.2 Å². The summed E-state index contributed by atoms with van der Waals surface area (Å²) in [6.45, 7) is 1.24. The van der Waals surface area contributed by atoms with Crippen molar-refractivity contribution in [2.24, 2.45) is 0 Å². The lowest BCUT2D eigenvalue weighted by Crippen LogP contribution is -2.39. The Morgan fingerprint density at radius 1 is 1.18 bits per heavy atom. The van der Waals surface area contributed by atoms with E-state index in [1.54, 1.807) is 42.5 Å². The summed E-state index contributed by atoms with van der Waals surface area (Å²) >= 11 is 6.09. The number of para-hydroxylation sites is 1. The van der Waals surface area contributed by atoms with Crippen molar-refractivity contribution in [1.82, 2.24) is 5.32 Å². The van der Waals surface area contributed by atoms with Gasteiger partial charge in [0.15, 0.2) is 0 Å². The highest BCUT2D eigenvalue weighted by Gasteiger charge is 2.35. The summed E-state index contributed by atoms with van der Waals surface area (Å²) in [4.78, 5) is 11.5. The zero-order valence-electron chi connectivity index (χ0n) is 15.5. The minimum absolute atomic E-state index is 0.0210. The zero-order valence-corrected chi connectivity index (χ0v) is 16.2. The lowest BCUT2D eigenvalue weighted by Gasteiger charge is -2.17. The number of carbonyl (C=O) groups excluding carboxylic acids is 1. The van der Waals surface area contributed by atoms with Gasteiger partial charge in [0.05, 0.1) is 13.5 Å². The molecule has 0 aliphatic heterocycles. The fourth-order valence-corrected chi connectivity index (χ4v) is 2.75. The van der Waals surface area contributed by atoms with Gasteiger partial charge in [0.2, 0.25) is 0 Å². The molecule has 2 rings (SSSR count). The van der Waals surface area contributed by atoms with Crippen molar-refractivity contribution in [2.45, 2.75) is 38.7 Å². The Morgan fingerprint density at radius 3 is 2.54 bits per heavy atom. The van der Waals surface area contributed by atoms with Gasteiger partial charge in [0.25, 0.3) is 0 Å². The normalized spacial score (nSPS) is 12.5. The molecule has 2 aromatic carbocycles. The third kappa shape index (κ3) is 6.73. The molecule has 0 amide bonds. The molecule has 0 saturated carbocycles. The highest BCUT2D eigenvalue weighted by atomic mass is 35.5. The van der Waals surface area contributed by atoms with Crippen LogP contribution in [0.2, 0.25) is 5.02 Å². The van der Waals surface area contributed by atoms with Gasteiger partial charge in [-0.05, 0) is 36.2 Å². The smallest absolute Gasteiger partial charge is 0.403 e. The number of benzene rings is 2. The fraction of sp³-hybridized carbons (Fsp3) is 0.350. The van der Waals surface area contributed by atoms with Gasteiger partial charge >= 0.3 is 12.1 Å². The predicted octanol–water partition coefficient (Wildman–Crippen LogP) is 4.67. The monoisotopic (exact) mass is 415 g/mol. The molecule has 0 aliphatic carbocycles. The van der Waals surface area contributed by atoms with Crippen LogP contribution in [0.1, 0.15) is 23.6 Å². The van der Waals surface area contributed by atoms with Crippen molar-refractivity contribution in [3.63, 3.8) is 0 Å². The molecule has 152 valence electrons. The van der Waals surface area contributed by atoms with E-state index in [9.17, 15) is 18.0 Å². The Kier molecular flexibility index (Phi) is 7.71. The van der Waals surface area contributed by atoms with Crippen LogP contribution in [-0.2, 0) is 29.1 Å². The lowest BCUT2D eigenvalue weighted by molar-refractivity contribution is -0.151. The molecule has 0 bridgehead atoms. The highest BCUT2D eigenvalue weighted by molar-refractivity contribution is 6.30. The molecule has 1 N–H and O–H groups in total. The van der Waals surface area contributed by atoms with E-state index in [0.717, 1.165) is 6.92 Å². The van der Waals surface area contributed by atoms with Crippen LogP contribution in [0, 0.1) is 0 Å². The van der Waals surface area contributed by atoms with E-state index in [2.05, 4.69) is 10.1 Å². The Hall–Kier alpha value is -2.25. The first kappa shape index (κ1) is 22.0. The van der Waals surface area contributed by atoms with Crippen LogP contribution in [0.5, 0.6) is 5.75 Å². The van der Waals surface area contributed by atoms with Gasteiger partial charge in [0.1, 0.15) is 18.4 Å². The van der Waals surface area contributed by atoms with Gasteiger partial charge < -0.3 is 14.8 Å². The van der Waals surface area contributed by atoms with Crippen LogP contribution >= 0.6 is 11.6 Å². The Balaban J connectivity index is 2.05. The first-order chi connectivity index (χ1) is 13.2. The Morgan fingerprint density at radius 2 is 1.86 bits per heavy atom. The van der Waals surface area contributed by atoms with E-state index >= 15 is 0 Å². The van der Waals surface area contributed by atoms with Crippen molar-refractivity contribution in [2.75, 3.05) is 7.11 Å². The van der Waals surface area contributed by atoms with Crippen molar-refractivity contribution in [1.29, 1.82) is 0 Å². The van der Waals surface area contributed by atoms with Crippen LogP contribution in [0.4, 0.5) is 13.2 Å². The second-order valence-electron chi connectivity index (χ2n) is 6.26. The van der Waals surface area contributed by atoms with E-state index < -0.39 is 12.2 Å². The molecule has 8 heteroatoms. The van der Waals surface area contributed by atoms with Crippen LogP contribution in [0.3, 0.4) is 0 Å². The Labute approximate surface area is 166 Å². The number of alkyl halides is 3. The molecule has 0 spiro atoms. The van der Waals surface area contributed by atoms with Crippen molar-refractivity contribution < 1.29 is 27.4 Å². The maximum atomic E-state index is 12.6. The number of rotatable bonds is 8. The molecule has 1 unspecified atom stereocenters. The number of ether oxygens (including phenoxy) is 2. The number of hydrogen-bond donors (Lipinski definition) is 1. The number of carbonyl (C=O) groups is 1. The molecule has 4 nitrogen and oxygen atoms in total. The van der Waals surface area contributed by atoms with Gasteiger partial charge in [-0.25, -0.2) is 0 Å². The maximum Gasteiger partial charge on any atom is 0.403 e. The van der Waals surface area contributed by atoms with Crippen LogP contribution in [-0.4, -0.2) is 25.3 Å². The maximum absolute atomic E-state index is 12.6. The van der Waals surface area contributed by atoms with E-state index in [1.807, 2.05) is 0 Å². The number of esters is 1. The standard InChI is InChI=1S/C20H21ClF3NO3/c1-13(20(22,23)24)25-11-14-7-15(9-17(21)8-14)12-28-18-6-4-3-5-16(18)10-19(26)27-2/h3-9,13,25H,10-12H2,1-2H3. The van der Waals surface area contributed by atoms with Gasteiger partial charge in [-0.15, -0.1) is 0 Å². The number of halogens is 4. The molecule has 2 aromatic rings. The number of nitrogens with one attached hydrogen (secondary N) is 1. The zero-order chi connectivity index (χ0) is 20.7. The highest BCUT2D eigenvalue weighted by Crippen LogP contribution is 2.23. The predicted molar refractivity (Wildman–Crippen MR) is 100 cm³/mol. The molecule has 0 heterocycles. The average molecular weight is 416 g/mol. The second kappa shape index (κ2) is 9.80. The topological polar surface area (TPSA) is 47.6 Å². The van der Waals surface area contributed by atoms with Crippen molar-refractivity contribution >= 4 is 17.6 Å². The largest absolute Gasteiger partial charge is 0.489 e. The SMILES string of the molecule is COC(=O)Cc1ccccc1OCc1cc(Cl)cc(CNC(C)C(F)(F)F)c1. The fourth-order valence-electron chi connectivity index (χ4n) is 2.47. The molecular weight excluding hydrogens is 395 g/mol. The summed E-state index contributed by atoms with van der Waals surface area (Å²) in [7, 11) is 1.31. The lowest BCUT2D eigenvalue weighted by atomic mass is 10.1. The third-order valence-electron chi connectivity index (χ3n) is 4.05. The second-order valence-corrected chi connectivity index (χ2v) is 6.70. The number of hydrogen-bond acceptors (Lipinski definition) is 4. The van der Waals surface area contributed by atoms with Crippen LogP contribution < -0.4 is 10.1 Å². The summed E-state index contributed by atoms with van der Waals surface area (Å²) in [5.41, 5.74) is 2.00. The van der Waals surface area contributed by atoms with E-state index in [4.69, 9.17) is 16.3 Å². The molecule has 0 aliphatic rings. The first-order valence-corrected chi connectivity index (χ1v) is 8.93. The average Bonchev–Trinajstić information content (AvgIpc) is 2.64. The molecule has 28 heavy (non-hydrogen) atoms. The third-order valence-corrected chi connectivity index (χ3v) is 4.27. The summed E-state index contributed by atoms with van der Waals surface area (Å²) in [6.07, 6.45) is -4.24. The molecule has 1 atom stereocenters. The van der Waals surface area contributed by atoms with Gasteiger partial charge in [-0.2, -0.15) is 13.2 Å². The quantitative estimate of drug-likeness (QED) is 0.636. The molecular formula is C20H21ClF3NO3. The first-order valence-electron chi connectivity index (χ1n) is 8.55. The Bertz CT molecular complexity index is 812. The van der Waals surface area contributed by atoms with Crippen LogP contribution in [0.15, 0.2) is 42.5 Å². The molecule has 0 aromatic heterocycles. The van der Waals surface area contributed by atoms with Gasteiger partial charge in [-0.3, -0.25) is 4.79 Å². The summed E-state index contributed by atoms with van der Waals surface area (Å²) in [5, 5.41) is 2.83. The van der Waals surface area contributed by atoms with Crippen LogP contribution in [0.25, 0.3) is 0 Å². The summed E-state index contributed by atoms with van der Waals surface area (Å²) in [6, 6.07) is 10.4. The van der Waals surface area contributed by atoms with E-state index in [0.29, 0.717) is 27.5 Å². The van der Waals surface area contributed by atoms with Gasteiger partial charge in [0, 0.05) is 17.1 Å². The van der Waals surface area contributed by atoms with Gasteiger partial charge in [-0.1, -0.05) is 35.9 Å².